The Labute approximate surface area is 127 Å². The summed E-state index contributed by atoms with van der Waals surface area (Å²) in [5.41, 5.74) is 0.550. The van der Waals surface area contributed by atoms with Gasteiger partial charge in [0.15, 0.2) is 0 Å². The van der Waals surface area contributed by atoms with E-state index in [9.17, 15) is 0 Å². The molecule has 1 aliphatic carbocycles. The van der Waals surface area contributed by atoms with Gasteiger partial charge in [0.05, 0.1) is 0 Å². The molecule has 1 aliphatic rings. The van der Waals surface area contributed by atoms with Gasteiger partial charge in [-0.3, -0.25) is 0 Å². The molecular weight excluding hydrogens is 244 g/mol. The highest BCUT2D eigenvalue weighted by Gasteiger charge is 2.32. The molecule has 0 amide bonds. The predicted octanol–water partition coefficient (Wildman–Crippen LogP) is 4.16. The van der Waals surface area contributed by atoms with Crippen LogP contribution in [0.3, 0.4) is 0 Å². The average Bonchev–Trinajstić information content (AvgIpc) is 2.35. The summed E-state index contributed by atoms with van der Waals surface area (Å²) >= 11 is 0. The van der Waals surface area contributed by atoms with Crippen LogP contribution in [-0.2, 0) is 0 Å². The molecule has 3 unspecified atom stereocenters. The molecule has 1 N–H and O–H groups in total. The molecule has 1 saturated carbocycles. The minimum Gasteiger partial charge on any atom is -0.312 e. The molecule has 0 aromatic carbocycles. The fraction of sp³-hybridized carbons (Fsp3) is 1.00. The smallest absolute Gasteiger partial charge is 0.0242 e. The van der Waals surface area contributed by atoms with Crippen molar-refractivity contribution in [3.05, 3.63) is 0 Å². The van der Waals surface area contributed by atoms with E-state index in [1.54, 1.807) is 0 Å². The number of likely N-dealkylation sites (N-methyl/N-ethyl adjacent to an activating group) is 1. The zero-order chi connectivity index (χ0) is 15.3. The van der Waals surface area contributed by atoms with Crippen LogP contribution in [0.25, 0.3) is 0 Å². The maximum Gasteiger partial charge on any atom is 0.0242 e. The molecule has 1 fully saturated rings. The average molecular weight is 283 g/mol. The Hall–Kier alpha value is -0.0800. The van der Waals surface area contributed by atoms with Crippen molar-refractivity contribution in [3.8, 4) is 0 Å². The standard InChI is InChI=1S/C18H38N2/c1-8-15(9-2)17(20(6)7)13-19-16-10-11-18(4,5)12-14(16)3/h14-17,19H,8-13H2,1-7H3. The molecule has 2 nitrogen and oxygen atoms in total. The van der Waals surface area contributed by atoms with Gasteiger partial charge in [0.1, 0.15) is 0 Å². The lowest BCUT2D eigenvalue weighted by Gasteiger charge is -2.41. The van der Waals surface area contributed by atoms with Crippen molar-refractivity contribution < 1.29 is 0 Å². The minimum atomic E-state index is 0.550. The molecule has 0 aromatic rings. The normalized spacial score (nSPS) is 28.1. The molecule has 120 valence electrons. The fourth-order valence-electron chi connectivity index (χ4n) is 4.13. The first-order valence-corrected chi connectivity index (χ1v) is 8.70. The van der Waals surface area contributed by atoms with Crippen molar-refractivity contribution in [1.82, 2.24) is 10.2 Å². The maximum absolute atomic E-state index is 3.90. The van der Waals surface area contributed by atoms with Gasteiger partial charge in [-0.05, 0) is 50.6 Å². The summed E-state index contributed by atoms with van der Waals surface area (Å²) in [7, 11) is 4.47. The van der Waals surface area contributed by atoms with E-state index < -0.39 is 0 Å². The Kier molecular flexibility index (Phi) is 7.00. The second kappa shape index (κ2) is 7.79. The molecule has 0 saturated heterocycles. The first kappa shape index (κ1) is 18.0. The SMILES string of the molecule is CCC(CC)C(CNC1CCC(C)(C)CC1C)N(C)C. The number of nitrogens with zero attached hydrogens (tertiary/aromatic N) is 1. The van der Waals surface area contributed by atoms with Crippen LogP contribution in [0.4, 0.5) is 0 Å². The zero-order valence-corrected chi connectivity index (χ0v) is 15.0. The molecule has 2 heteroatoms. The summed E-state index contributed by atoms with van der Waals surface area (Å²) in [5, 5.41) is 3.90. The van der Waals surface area contributed by atoms with E-state index in [2.05, 4.69) is 58.9 Å². The van der Waals surface area contributed by atoms with E-state index in [0.29, 0.717) is 11.5 Å². The van der Waals surface area contributed by atoms with Crippen LogP contribution in [0.1, 0.15) is 66.7 Å². The number of rotatable bonds is 7. The lowest BCUT2D eigenvalue weighted by atomic mass is 9.70. The van der Waals surface area contributed by atoms with E-state index >= 15 is 0 Å². The van der Waals surface area contributed by atoms with E-state index in [1.165, 1.54) is 32.1 Å². The number of nitrogens with one attached hydrogen (secondary N) is 1. The highest BCUT2D eigenvalue weighted by atomic mass is 15.1. The van der Waals surface area contributed by atoms with Gasteiger partial charge < -0.3 is 10.2 Å². The third kappa shape index (κ3) is 5.04. The lowest BCUT2D eigenvalue weighted by Crippen LogP contribution is -2.49. The Balaban J connectivity index is 2.51. The highest BCUT2D eigenvalue weighted by Crippen LogP contribution is 2.38. The Morgan fingerprint density at radius 1 is 1.20 bits per heavy atom. The quantitative estimate of drug-likeness (QED) is 0.754. The molecule has 0 radical (unpaired) electrons. The van der Waals surface area contributed by atoms with Gasteiger partial charge in [-0.1, -0.05) is 47.5 Å². The maximum atomic E-state index is 3.90. The monoisotopic (exact) mass is 282 g/mol. The molecule has 3 atom stereocenters. The molecule has 1 rings (SSSR count). The lowest BCUT2D eigenvalue weighted by molar-refractivity contribution is 0.131. The van der Waals surface area contributed by atoms with Gasteiger partial charge in [-0.25, -0.2) is 0 Å². The summed E-state index contributed by atoms with van der Waals surface area (Å²) in [4.78, 5) is 2.42. The van der Waals surface area contributed by atoms with Crippen molar-refractivity contribution >= 4 is 0 Å². The van der Waals surface area contributed by atoms with Crippen LogP contribution in [0.15, 0.2) is 0 Å². The number of hydrogen-bond donors (Lipinski definition) is 1. The molecule has 0 bridgehead atoms. The third-order valence-corrected chi connectivity index (χ3v) is 5.54. The highest BCUT2D eigenvalue weighted by molar-refractivity contribution is 4.88. The van der Waals surface area contributed by atoms with Crippen LogP contribution in [0.2, 0.25) is 0 Å². The Morgan fingerprint density at radius 2 is 1.80 bits per heavy atom. The second-order valence-electron chi connectivity index (χ2n) is 8.01. The van der Waals surface area contributed by atoms with Gasteiger partial charge >= 0.3 is 0 Å². The molecule has 0 heterocycles. The Morgan fingerprint density at radius 3 is 2.25 bits per heavy atom. The summed E-state index contributed by atoms with van der Waals surface area (Å²) in [6.07, 6.45) is 6.65. The van der Waals surface area contributed by atoms with Gasteiger partial charge in [0.25, 0.3) is 0 Å². The summed E-state index contributed by atoms with van der Waals surface area (Å²) in [6.45, 7) is 13.1. The molecule has 0 aliphatic heterocycles. The van der Waals surface area contributed by atoms with Crippen molar-refractivity contribution in [2.45, 2.75) is 78.8 Å². The third-order valence-electron chi connectivity index (χ3n) is 5.54. The molecule has 20 heavy (non-hydrogen) atoms. The fourth-order valence-corrected chi connectivity index (χ4v) is 4.13. The topological polar surface area (TPSA) is 15.3 Å². The molecule has 0 spiro atoms. The van der Waals surface area contributed by atoms with Crippen molar-refractivity contribution in [2.75, 3.05) is 20.6 Å². The van der Waals surface area contributed by atoms with Crippen LogP contribution in [0.5, 0.6) is 0 Å². The predicted molar refractivity (Wildman–Crippen MR) is 90.1 cm³/mol. The van der Waals surface area contributed by atoms with E-state index in [4.69, 9.17) is 0 Å². The van der Waals surface area contributed by atoms with Gasteiger partial charge in [0, 0.05) is 18.6 Å². The van der Waals surface area contributed by atoms with Crippen molar-refractivity contribution in [3.63, 3.8) is 0 Å². The number of hydrogen-bond acceptors (Lipinski definition) is 2. The van der Waals surface area contributed by atoms with Crippen LogP contribution in [0, 0.1) is 17.3 Å². The first-order valence-electron chi connectivity index (χ1n) is 8.70. The zero-order valence-electron chi connectivity index (χ0n) is 15.0. The van der Waals surface area contributed by atoms with Crippen molar-refractivity contribution in [1.29, 1.82) is 0 Å². The summed E-state index contributed by atoms with van der Waals surface area (Å²) < 4.78 is 0. The second-order valence-corrected chi connectivity index (χ2v) is 8.01. The van der Waals surface area contributed by atoms with Gasteiger partial charge in [0.2, 0.25) is 0 Å². The van der Waals surface area contributed by atoms with Crippen LogP contribution in [-0.4, -0.2) is 37.6 Å². The minimum absolute atomic E-state index is 0.550. The largest absolute Gasteiger partial charge is 0.312 e. The van der Waals surface area contributed by atoms with Crippen LogP contribution < -0.4 is 5.32 Å². The van der Waals surface area contributed by atoms with Gasteiger partial charge in [-0.2, -0.15) is 0 Å². The van der Waals surface area contributed by atoms with Crippen molar-refractivity contribution in [2.24, 2.45) is 17.3 Å². The Bertz CT molecular complexity index is 269. The first-order chi connectivity index (χ1) is 9.30. The van der Waals surface area contributed by atoms with E-state index in [1.807, 2.05) is 0 Å². The summed E-state index contributed by atoms with van der Waals surface area (Å²) in [5.74, 6) is 1.62. The van der Waals surface area contributed by atoms with E-state index in [0.717, 1.165) is 24.4 Å². The van der Waals surface area contributed by atoms with E-state index in [-0.39, 0.29) is 0 Å². The molecular formula is C18H38N2. The van der Waals surface area contributed by atoms with Gasteiger partial charge in [-0.15, -0.1) is 0 Å². The summed E-state index contributed by atoms with van der Waals surface area (Å²) in [6, 6.07) is 1.40. The molecule has 0 aromatic heterocycles. The van der Waals surface area contributed by atoms with Crippen LogP contribution >= 0.6 is 0 Å².